The number of rotatable bonds is 3. The monoisotopic (exact) mass is 348 g/mol. The van der Waals surface area contributed by atoms with Crippen LogP contribution in [0, 0.1) is 6.92 Å². The zero-order valence-corrected chi connectivity index (χ0v) is 16.7. The van der Waals surface area contributed by atoms with Gasteiger partial charge < -0.3 is 8.98 Å². The summed E-state index contributed by atoms with van der Waals surface area (Å²) in [5.74, 6) is 0. The molecule has 0 saturated heterocycles. The molecule has 0 unspecified atom stereocenters. The van der Waals surface area contributed by atoms with Crippen molar-refractivity contribution in [3.63, 3.8) is 0 Å². The maximum absolute atomic E-state index is 10.9. The van der Waals surface area contributed by atoms with Crippen LogP contribution in [0.1, 0.15) is 33.3 Å². The van der Waals surface area contributed by atoms with Crippen LogP contribution in [-0.2, 0) is 24.4 Å². The van der Waals surface area contributed by atoms with Crippen LogP contribution in [0.5, 0.6) is 0 Å². The van der Waals surface area contributed by atoms with E-state index in [1.807, 2.05) is 6.92 Å². The molecule has 0 radical (unpaired) electrons. The zero-order chi connectivity index (χ0) is 16.9. The molecule has 0 aliphatic carbocycles. The van der Waals surface area contributed by atoms with Crippen molar-refractivity contribution >= 4 is 28.3 Å². The van der Waals surface area contributed by atoms with Crippen LogP contribution in [0.4, 0.5) is 0 Å². The van der Waals surface area contributed by atoms with Crippen molar-refractivity contribution in [1.29, 1.82) is 0 Å². The standard InChI is InChI=1S/C8H20OSi.C7H8O2S2/c1-7-9-10(5,6)8(2,3)4;1-6-2-4-7(5-3-6)11(8,9)10/h7H2,1-6H3;2-5H,1H3,(H,8,9,10). The Morgan fingerprint density at radius 2 is 1.67 bits per heavy atom. The smallest absolute Gasteiger partial charge is 0.191 e. The first kappa shape index (κ1) is 20.7. The average Bonchev–Trinajstić information content (AvgIpc) is 2.27. The minimum atomic E-state index is -3.19. The van der Waals surface area contributed by atoms with E-state index < -0.39 is 17.1 Å². The lowest BCUT2D eigenvalue weighted by Crippen LogP contribution is -2.40. The Balaban J connectivity index is 0.000000384. The Morgan fingerprint density at radius 1 is 1.24 bits per heavy atom. The minimum absolute atomic E-state index is 0.304. The third-order valence-corrected chi connectivity index (χ3v) is 9.70. The van der Waals surface area contributed by atoms with Crippen molar-refractivity contribution in [2.24, 2.45) is 0 Å². The van der Waals surface area contributed by atoms with Crippen LogP contribution in [0.2, 0.25) is 18.1 Å². The fourth-order valence-electron chi connectivity index (χ4n) is 1.29. The molecule has 1 N–H and O–H groups in total. The molecule has 122 valence electrons. The Hall–Kier alpha value is -0.273. The van der Waals surface area contributed by atoms with E-state index in [2.05, 4.69) is 52.0 Å². The molecule has 6 heteroatoms. The molecule has 0 aliphatic rings. The van der Waals surface area contributed by atoms with Crippen molar-refractivity contribution in [3.05, 3.63) is 29.8 Å². The van der Waals surface area contributed by atoms with Crippen LogP contribution in [-0.4, -0.2) is 23.7 Å². The fraction of sp³-hybridized carbons (Fsp3) is 0.600. The van der Waals surface area contributed by atoms with Gasteiger partial charge in [0.25, 0.3) is 0 Å². The van der Waals surface area contributed by atoms with Gasteiger partial charge in [0.2, 0.25) is 0 Å². The van der Waals surface area contributed by atoms with Gasteiger partial charge in [-0.05, 0) is 44.1 Å². The Labute approximate surface area is 135 Å². The second kappa shape index (κ2) is 7.83. The molecular weight excluding hydrogens is 320 g/mol. The van der Waals surface area contributed by atoms with Crippen LogP contribution in [0.3, 0.4) is 0 Å². The summed E-state index contributed by atoms with van der Waals surface area (Å²) in [6, 6.07) is 6.67. The molecule has 0 heterocycles. The molecule has 3 nitrogen and oxygen atoms in total. The van der Waals surface area contributed by atoms with Crippen LogP contribution < -0.4 is 0 Å². The summed E-state index contributed by atoms with van der Waals surface area (Å²) >= 11 is 4.38. The van der Waals surface area contributed by atoms with Gasteiger partial charge in [0.1, 0.15) is 0 Å². The first-order valence-electron chi connectivity index (χ1n) is 6.99. The third-order valence-electron chi connectivity index (χ3n) is 3.63. The predicted octanol–water partition coefficient (Wildman–Crippen LogP) is 4.60. The van der Waals surface area contributed by atoms with Gasteiger partial charge in [-0.2, -0.15) is 0 Å². The van der Waals surface area contributed by atoms with E-state index in [-0.39, 0.29) is 0 Å². The van der Waals surface area contributed by atoms with Crippen LogP contribution >= 0.6 is 0 Å². The highest BCUT2D eigenvalue weighted by Crippen LogP contribution is 2.36. The Bertz CT molecular complexity index is 529. The molecule has 1 rings (SSSR count). The molecule has 0 aliphatic heterocycles. The number of aryl methyl sites for hydroxylation is 1. The second-order valence-corrected chi connectivity index (χ2v) is 14.1. The molecule has 0 fully saturated rings. The summed E-state index contributed by atoms with van der Waals surface area (Å²) in [5, 5.41) is 0.364. The third kappa shape index (κ3) is 7.51. The first-order valence-corrected chi connectivity index (χ1v) is 12.3. The predicted molar refractivity (Wildman–Crippen MR) is 96.4 cm³/mol. The van der Waals surface area contributed by atoms with Gasteiger partial charge in [0.15, 0.2) is 17.1 Å². The van der Waals surface area contributed by atoms with Crippen molar-refractivity contribution < 1.29 is 13.2 Å². The molecule has 21 heavy (non-hydrogen) atoms. The summed E-state index contributed by atoms with van der Waals surface area (Å²) in [7, 11) is -4.59. The Kier molecular flexibility index (Phi) is 7.73. The lowest BCUT2D eigenvalue weighted by atomic mass is 10.2. The molecule has 1 atom stereocenters. The van der Waals surface area contributed by atoms with E-state index >= 15 is 0 Å². The molecule has 0 saturated carbocycles. The second-order valence-electron chi connectivity index (χ2n) is 6.48. The summed E-state index contributed by atoms with van der Waals surface area (Å²) in [5.41, 5.74) is 1.05. The molecule has 1 aromatic rings. The van der Waals surface area contributed by atoms with Crippen molar-refractivity contribution in [2.45, 2.75) is 57.6 Å². The zero-order valence-electron chi connectivity index (χ0n) is 14.1. The average molecular weight is 349 g/mol. The maximum atomic E-state index is 10.9. The summed E-state index contributed by atoms with van der Waals surface area (Å²) in [4.78, 5) is 0.304. The van der Waals surface area contributed by atoms with E-state index in [1.54, 1.807) is 24.3 Å². The minimum Gasteiger partial charge on any atom is -0.417 e. The van der Waals surface area contributed by atoms with Gasteiger partial charge >= 0.3 is 0 Å². The fourth-order valence-corrected chi connectivity index (χ4v) is 3.26. The highest BCUT2D eigenvalue weighted by Gasteiger charge is 2.36. The van der Waals surface area contributed by atoms with Gasteiger partial charge in [-0.25, -0.2) is 4.21 Å². The molecular formula is C15H28O3S2Si. The maximum Gasteiger partial charge on any atom is 0.191 e. The van der Waals surface area contributed by atoms with Crippen molar-refractivity contribution in [1.82, 2.24) is 0 Å². The lowest BCUT2D eigenvalue weighted by molar-refractivity contribution is 0.308. The molecule has 0 spiro atoms. The summed E-state index contributed by atoms with van der Waals surface area (Å²) < 4.78 is 25.5. The van der Waals surface area contributed by atoms with E-state index in [0.717, 1.165) is 12.2 Å². The SMILES string of the molecule is CCO[Si](C)(C)C(C)(C)C.Cc1ccc([S@](=O)(O)=S)cc1. The Morgan fingerprint density at radius 3 is 1.90 bits per heavy atom. The highest BCUT2D eigenvalue weighted by atomic mass is 32.8. The van der Waals surface area contributed by atoms with Crippen LogP contribution in [0.15, 0.2) is 29.2 Å². The van der Waals surface area contributed by atoms with Crippen molar-refractivity contribution in [2.75, 3.05) is 6.61 Å². The summed E-state index contributed by atoms with van der Waals surface area (Å²) in [6.07, 6.45) is 0. The van der Waals surface area contributed by atoms with E-state index in [4.69, 9.17) is 8.98 Å². The molecule has 0 bridgehead atoms. The number of benzene rings is 1. The molecule has 0 amide bonds. The van der Waals surface area contributed by atoms with E-state index in [0.29, 0.717) is 9.93 Å². The lowest BCUT2D eigenvalue weighted by Gasteiger charge is -2.35. The van der Waals surface area contributed by atoms with Crippen molar-refractivity contribution in [3.8, 4) is 0 Å². The first-order chi connectivity index (χ1) is 9.31. The van der Waals surface area contributed by atoms with E-state index in [9.17, 15) is 4.21 Å². The van der Waals surface area contributed by atoms with Gasteiger partial charge in [-0.3, -0.25) is 0 Å². The van der Waals surface area contributed by atoms with Gasteiger partial charge in [-0.15, -0.1) is 0 Å². The highest BCUT2D eigenvalue weighted by molar-refractivity contribution is 8.29. The number of hydrogen-bond acceptors (Lipinski definition) is 3. The van der Waals surface area contributed by atoms with Crippen LogP contribution in [0.25, 0.3) is 0 Å². The van der Waals surface area contributed by atoms with E-state index in [1.165, 1.54) is 0 Å². The van der Waals surface area contributed by atoms with Gasteiger partial charge in [-0.1, -0.05) is 38.5 Å². The molecule has 1 aromatic carbocycles. The quantitative estimate of drug-likeness (QED) is 0.811. The molecule has 0 aromatic heterocycles. The summed E-state index contributed by atoms with van der Waals surface area (Å²) in [6.45, 7) is 16.2. The number of hydrogen-bond donors (Lipinski definition) is 1. The van der Waals surface area contributed by atoms with Gasteiger partial charge in [0, 0.05) is 17.8 Å². The largest absolute Gasteiger partial charge is 0.417 e. The van der Waals surface area contributed by atoms with Gasteiger partial charge in [0.05, 0.1) is 4.90 Å². The normalized spacial score (nSPS) is 14.9. The topological polar surface area (TPSA) is 46.5 Å².